The Hall–Kier alpha value is -2.60. The van der Waals surface area contributed by atoms with Gasteiger partial charge < -0.3 is 19.1 Å². The Morgan fingerprint density at radius 1 is 1.04 bits per heavy atom. The molecule has 0 N–H and O–H groups in total. The third-order valence-corrected chi connectivity index (χ3v) is 4.40. The fraction of sp³-hybridized carbons (Fsp3) is 0.316. The first-order chi connectivity index (χ1) is 12.2. The first-order valence-corrected chi connectivity index (χ1v) is 8.28. The zero-order valence-electron chi connectivity index (χ0n) is 13.6. The van der Waals surface area contributed by atoms with Crippen molar-refractivity contribution < 1.29 is 23.4 Å². The molecule has 25 heavy (non-hydrogen) atoms. The molecule has 130 valence electrons. The lowest BCUT2D eigenvalue weighted by molar-refractivity contribution is -0.0244. The minimum Gasteiger partial charge on any atom is -0.486 e. The summed E-state index contributed by atoms with van der Waals surface area (Å²) in [6.07, 6.45) is -0.476. The van der Waals surface area contributed by atoms with Gasteiger partial charge in [0.1, 0.15) is 25.1 Å². The van der Waals surface area contributed by atoms with Crippen molar-refractivity contribution in [3.63, 3.8) is 0 Å². The van der Waals surface area contributed by atoms with Crippen LogP contribution in [0.15, 0.2) is 42.5 Å². The van der Waals surface area contributed by atoms with Gasteiger partial charge in [-0.25, -0.2) is 4.39 Å². The number of hydrogen-bond acceptors (Lipinski definition) is 4. The van der Waals surface area contributed by atoms with E-state index in [1.807, 2.05) is 0 Å². The molecule has 0 spiro atoms. The van der Waals surface area contributed by atoms with Crippen molar-refractivity contribution in [1.82, 2.24) is 4.90 Å². The second-order valence-electron chi connectivity index (χ2n) is 5.96. The van der Waals surface area contributed by atoms with Crippen LogP contribution < -0.4 is 9.47 Å². The van der Waals surface area contributed by atoms with Crippen LogP contribution in [0, 0.1) is 5.82 Å². The summed E-state index contributed by atoms with van der Waals surface area (Å²) < 4.78 is 30.9. The second kappa shape index (κ2) is 6.72. The fourth-order valence-electron chi connectivity index (χ4n) is 3.17. The molecule has 1 unspecified atom stereocenters. The Morgan fingerprint density at radius 3 is 2.76 bits per heavy atom. The predicted molar refractivity (Wildman–Crippen MR) is 88.4 cm³/mol. The van der Waals surface area contributed by atoms with E-state index in [1.165, 1.54) is 6.07 Å². The molecule has 1 atom stereocenters. The summed E-state index contributed by atoms with van der Waals surface area (Å²) in [5.41, 5.74) is 0.932. The number of carbonyl (C=O) groups excluding carboxylic acids is 1. The van der Waals surface area contributed by atoms with Crippen LogP contribution in [0.4, 0.5) is 4.39 Å². The van der Waals surface area contributed by atoms with Gasteiger partial charge in [0.25, 0.3) is 5.91 Å². The number of nitrogens with zero attached hydrogens (tertiary/aromatic N) is 1. The number of carbonyl (C=O) groups is 1. The van der Waals surface area contributed by atoms with Gasteiger partial charge in [-0.2, -0.15) is 0 Å². The number of hydrogen-bond donors (Lipinski definition) is 0. The molecule has 0 aromatic heterocycles. The number of amides is 1. The molecule has 1 saturated heterocycles. The van der Waals surface area contributed by atoms with Crippen molar-refractivity contribution in [3.05, 3.63) is 59.4 Å². The van der Waals surface area contributed by atoms with Crippen molar-refractivity contribution >= 4 is 5.91 Å². The van der Waals surface area contributed by atoms with E-state index in [2.05, 4.69) is 0 Å². The summed E-state index contributed by atoms with van der Waals surface area (Å²) in [6.45, 7) is 1.99. The Balaban J connectivity index is 1.58. The van der Waals surface area contributed by atoms with Gasteiger partial charge in [-0.3, -0.25) is 4.79 Å². The first kappa shape index (κ1) is 15.9. The summed E-state index contributed by atoms with van der Waals surface area (Å²) in [7, 11) is 0. The summed E-state index contributed by atoms with van der Waals surface area (Å²) in [4.78, 5) is 14.6. The van der Waals surface area contributed by atoms with Crippen LogP contribution >= 0.6 is 0 Å². The van der Waals surface area contributed by atoms with E-state index in [1.54, 1.807) is 41.3 Å². The van der Waals surface area contributed by atoms with E-state index >= 15 is 0 Å². The fourth-order valence-corrected chi connectivity index (χ4v) is 3.17. The summed E-state index contributed by atoms with van der Waals surface area (Å²) in [5, 5.41) is 0. The van der Waals surface area contributed by atoms with Gasteiger partial charge in [-0.1, -0.05) is 24.3 Å². The largest absolute Gasteiger partial charge is 0.486 e. The second-order valence-corrected chi connectivity index (χ2v) is 5.96. The highest BCUT2D eigenvalue weighted by Gasteiger charge is 2.30. The lowest BCUT2D eigenvalue weighted by Gasteiger charge is -2.34. The molecule has 2 aliphatic rings. The molecule has 1 amide bonds. The van der Waals surface area contributed by atoms with Crippen molar-refractivity contribution in [1.29, 1.82) is 0 Å². The van der Waals surface area contributed by atoms with Crippen molar-refractivity contribution in [2.75, 3.05) is 32.9 Å². The number of halogens is 1. The molecular formula is C19H18FNO4. The highest BCUT2D eigenvalue weighted by atomic mass is 19.1. The van der Waals surface area contributed by atoms with Gasteiger partial charge in [0.05, 0.1) is 18.7 Å². The molecule has 0 radical (unpaired) electrons. The minimum absolute atomic E-state index is 0.160. The number of rotatable bonds is 2. The Morgan fingerprint density at radius 2 is 1.88 bits per heavy atom. The molecule has 0 aliphatic carbocycles. The third-order valence-electron chi connectivity index (χ3n) is 4.40. The van der Waals surface area contributed by atoms with E-state index in [0.29, 0.717) is 55.5 Å². The maximum absolute atomic E-state index is 14.0. The minimum atomic E-state index is -0.476. The summed E-state index contributed by atoms with van der Waals surface area (Å²) in [5.74, 6) is 0.575. The number of ether oxygens (including phenoxy) is 3. The van der Waals surface area contributed by atoms with Gasteiger partial charge in [0.2, 0.25) is 0 Å². The van der Waals surface area contributed by atoms with Gasteiger partial charge in [-0.05, 0) is 18.2 Å². The van der Waals surface area contributed by atoms with Crippen LogP contribution in [-0.4, -0.2) is 43.7 Å². The van der Waals surface area contributed by atoms with E-state index in [0.717, 1.165) is 0 Å². The highest BCUT2D eigenvalue weighted by Crippen LogP contribution is 2.35. The van der Waals surface area contributed by atoms with Crippen LogP contribution in [0.3, 0.4) is 0 Å². The lowest BCUT2D eigenvalue weighted by Crippen LogP contribution is -2.42. The van der Waals surface area contributed by atoms with Crippen LogP contribution in [0.2, 0.25) is 0 Å². The Bertz CT molecular complexity index is 795. The highest BCUT2D eigenvalue weighted by molar-refractivity contribution is 5.98. The van der Waals surface area contributed by atoms with Crippen molar-refractivity contribution in [2.45, 2.75) is 6.10 Å². The summed E-state index contributed by atoms with van der Waals surface area (Å²) in [6, 6.07) is 11.8. The molecule has 2 heterocycles. The molecule has 0 bridgehead atoms. The number of benzene rings is 2. The molecule has 5 nitrogen and oxygen atoms in total. The quantitative estimate of drug-likeness (QED) is 0.841. The normalized spacial score (nSPS) is 19.6. The standard InChI is InChI=1S/C19H18FNO4/c20-15-6-2-1-4-13(15)17-12-21(8-9-23-17)19(22)14-5-3-7-16-18(14)25-11-10-24-16/h1-7,17H,8-12H2. The maximum atomic E-state index is 14.0. The van der Waals surface area contributed by atoms with E-state index < -0.39 is 6.10 Å². The maximum Gasteiger partial charge on any atom is 0.257 e. The average Bonchev–Trinajstić information content (AvgIpc) is 2.67. The molecule has 2 aliphatic heterocycles. The molecular weight excluding hydrogens is 325 g/mol. The van der Waals surface area contributed by atoms with Crippen molar-refractivity contribution in [3.8, 4) is 11.5 Å². The number of fused-ring (bicyclic) bond motifs is 1. The van der Waals surface area contributed by atoms with Gasteiger partial charge in [-0.15, -0.1) is 0 Å². The van der Waals surface area contributed by atoms with E-state index in [9.17, 15) is 9.18 Å². The molecule has 6 heteroatoms. The molecule has 4 rings (SSSR count). The van der Waals surface area contributed by atoms with E-state index in [4.69, 9.17) is 14.2 Å². The van der Waals surface area contributed by atoms with Gasteiger partial charge in [0.15, 0.2) is 11.5 Å². The topological polar surface area (TPSA) is 48.0 Å². The SMILES string of the molecule is O=C(c1cccc2c1OCCO2)N1CCOC(c2ccccc2F)C1. The van der Waals surface area contributed by atoms with Gasteiger partial charge in [0, 0.05) is 12.1 Å². The Kier molecular flexibility index (Phi) is 4.28. The zero-order chi connectivity index (χ0) is 17.2. The van der Waals surface area contributed by atoms with Gasteiger partial charge >= 0.3 is 0 Å². The predicted octanol–water partition coefficient (Wildman–Crippen LogP) is 2.81. The molecule has 2 aromatic rings. The molecule has 0 saturated carbocycles. The number of para-hydroxylation sites is 1. The van der Waals surface area contributed by atoms with Crippen molar-refractivity contribution in [2.24, 2.45) is 0 Å². The third kappa shape index (κ3) is 3.05. The molecule has 1 fully saturated rings. The van der Waals surface area contributed by atoms with Crippen LogP contribution in [0.1, 0.15) is 22.0 Å². The molecule has 2 aromatic carbocycles. The van der Waals surface area contributed by atoms with Crippen LogP contribution in [0.25, 0.3) is 0 Å². The first-order valence-electron chi connectivity index (χ1n) is 8.28. The Labute approximate surface area is 144 Å². The number of morpholine rings is 1. The zero-order valence-corrected chi connectivity index (χ0v) is 13.6. The van der Waals surface area contributed by atoms with Crippen LogP contribution in [-0.2, 0) is 4.74 Å². The van der Waals surface area contributed by atoms with E-state index in [-0.39, 0.29) is 11.7 Å². The monoisotopic (exact) mass is 343 g/mol. The lowest BCUT2D eigenvalue weighted by atomic mass is 10.1. The van der Waals surface area contributed by atoms with Crippen LogP contribution in [0.5, 0.6) is 11.5 Å². The smallest absolute Gasteiger partial charge is 0.257 e. The summed E-state index contributed by atoms with van der Waals surface area (Å²) >= 11 is 0. The average molecular weight is 343 g/mol.